The molecule has 0 spiro atoms. The zero-order chi connectivity index (χ0) is 15.8. The molecule has 1 saturated heterocycles. The van der Waals surface area contributed by atoms with Crippen LogP contribution in [0.5, 0.6) is 0 Å². The fraction of sp³-hybridized carbons (Fsp3) is 0.353. The van der Waals surface area contributed by atoms with Gasteiger partial charge in [-0.25, -0.2) is 0 Å². The average Bonchev–Trinajstić information content (AvgIpc) is 3.00. The Labute approximate surface area is 134 Å². The Morgan fingerprint density at radius 2 is 2.09 bits per heavy atom. The molecule has 0 aliphatic carbocycles. The van der Waals surface area contributed by atoms with Crippen LogP contribution < -0.4 is 10.6 Å². The van der Waals surface area contributed by atoms with E-state index in [1.54, 1.807) is 0 Å². The molecule has 2 N–H and O–H groups in total. The summed E-state index contributed by atoms with van der Waals surface area (Å²) in [7, 11) is 1.94. The normalized spacial score (nSPS) is 21.7. The van der Waals surface area contributed by atoms with Crippen LogP contribution in [0.1, 0.15) is 24.6 Å². The fourth-order valence-corrected chi connectivity index (χ4v) is 3.38. The van der Waals surface area contributed by atoms with Gasteiger partial charge in [-0.15, -0.1) is 0 Å². The smallest absolute Gasteiger partial charge is 0.151 e. The number of aryl methyl sites for hydroxylation is 1. The van der Waals surface area contributed by atoms with Gasteiger partial charge in [0.2, 0.25) is 0 Å². The maximum Gasteiger partial charge on any atom is 0.151 e. The molecule has 3 heterocycles. The molecule has 1 aliphatic heterocycles. The first-order chi connectivity index (χ1) is 11.2. The highest BCUT2D eigenvalue weighted by Gasteiger charge is 2.31. The first-order valence-electron chi connectivity index (χ1n) is 7.94. The molecule has 1 aromatic carbocycles. The highest BCUT2D eigenvalue weighted by molar-refractivity contribution is 5.84. The Hall–Kier alpha value is -2.47. The number of fused-ring (bicyclic) bond motifs is 1. The van der Waals surface area contributed by atoms with Gasteiger partial charge in [0, 0.05) is 42.7 Å². The lowest BCUT2D eigenvalue weighted by Gasteiger charge is -2.38. The summed E-state index contributed by atoms with van der Waals surface area (Å²) in [5.41, 5.74) is 7.24. The van der Waals surface area contributed by atoms with Crippen molar-refractivity contribution in [2.24, 2.45) is 12.8 Å². The lowest BCUT2D eigenvalue weighted by atomic mass is 9.93. The third-order valence-electron chi connectivity index (χ3n) is 4.55. The Balaban J connectivity index is 1.81. The summed E-state index contributed by atoms with van der Waals surface area (Å²) >= 11 is 0. The molecule has 0 amide bonds. The summed E-state index contributed by atoms with van der Waals surface area (Å²) in [6, 6.07) is 10.6. The van der Waals surface area contributed by atoms with Crippen LogP contribution in [0.3, 0.4) is 0 Å². The average molecular weight is 308 g/mol. The summed E-state index contributed by atoms with van der Waals surface area (Å²) in [5.74, 6) is 0.971. The standard InChI is InChI=1S/C17H20N6/c1-22-8-7-16(21-22)23-9-6-13(18)10-15(23)17-14-5-3-2-4-12(14)11-19-20-17/h2-5,7-8,11,13,15H,6,9-10,18H2,1H3. The van der Waals surface area contributed by atoms with Gasteiger partial charge in [0.1, 0.15) is 0 Å². The molecule has 3 aromatic rings. The zero-order valence-electron chi connectivity index (χ0n) is 13.1. The summed E-state index contributed by atoms with van der Waals surface area (Å²) in [6.07, 6.45) is 5.60. The minimum Gasteiger partial charge on any atom is -0.346 e. The minimum absolute atomic E-state index is 0.104. The Bertz CT molecular complexity index is 821. The maximum absolute atomic E-state index is 6.25. The number of nitrogens with two attached hydrogens (primary N) is 1. The number of hydrogen-bond acceptors (Lipinski definition) is 5. The number of aromatic nitrogens is 4. The van der Waals surface area contributed by atoms with E-state index in [0.29, 0.717) is 0 Å². The number of hydrogen-bond donors (Lipinski definition) is 1. The Morgan fingerprint density at radius 3 is 2.91 bits per heavy atom. The molecule has 6 heteroatoms. The van der Waals surface area contributed by atoms with Gasteiger partial charge >= 0.3 is 0 Å². The van der Waals surface area contributed by atoms with Crippen LogP contribution in [-0.4, -0.2) is 32.6 Å². The van der Waals surface area contributed by atoms with Crippen molar-refractivity contribution < 1.29 is 0 Å². The molecule has 2 atom stereocenters. The second-order valence-electron chi connectivity index (χ2n) is 6.16. The van der Waals surface area contributed by atoms with E-state index in [-0.39, 0.29) is 12.1 Å². The highest BCUT2D eigenvalue weighted by Crippen LogP contribution is 2.35. The molecule has 4 rings (SSSR count). The van der Waals surface area contributed by atoms with Crippen molar-refractivity contribution >= 4 is 16.6 Å². The number of benzene rings is 1. The monoisotopic (exact) mass is 308 g/mol. The first kappa shape index (κ1) is 14.1. The summed E-state index contributed by atoms with van der Waals surface area (Å²) in [5, 5.41) is 15.5. The van der Waals surface area contributed by atoms with Crippen molar-refractivity contribution in [2.75, 3.05) is 11.4 Å². The van der Waals surface area contributed by atoms with E-state index in [9.17, 15) is 0 Å². The molecule has 23 heavy (non-hydrogen) atoms. The Kier molecular flexibility index (Phi) is 3.46. The van der Waals surface area contributed by atoms with Crippen LogP contribution in [-0.2, 0) is 7.05 Å². The molecule has 118 valence electrons. The van der Waals surface area contributed by atoms with Gasteiger partial charge in [0.15, 0.2) is 5.82 Å². The second kappa shape index (κ2) is 5.62. The van der Waals surface area contributed by atoms with E-state index in [1.165, 1.54) is 0 Å². The van der Waals surface area contributed by atoms with E-state index >= 15 is 0 Å². The van der Waals surface area contributed by atoms with Crippen LogP contribution >= 0.6 is 0 Å². The van der Waals surface area contributed by atoms with Crippen LogP contribution in [0.15, 0.2) is 42.7 Å². The fourth-order valence-electron chi connectivity index (χ4n) is 3.38. The van der Waals surface area contributed by atoms with Crippen LogP contribution in [0, 0.1) is 0 Å². The van der Waals surface area contributed by atoms with E-state index < -0.39 is 0 Å². The second-order valence-corrected chi connectivity index (χ2v) is 6.16. The molecule has 0 radical (unpaired) electrons. The SMILES string of the molecule is Cn1ccc(N2CCC(N)CC2c2nncc3ccccc23)n1. The van der Waals surface area contributed by atoms with E-state index in [0.717, 1.165) is 41.7 Å². The molecular weight excluding hydrogens is 288 g/mol. The molecule has 2 unspecified atom stereocenters. The van der Waals surface area contributed by atoms with Gasteiger partial charge in [-0.2, -0.15) is 15.3 Å². The van der Waals surface area contributed by atoms with Gasteiger partial charge in [-0.3, -0.25) is 4.68 Å². The topological polar surface area (TPSA) is 72.9 Å². The molecule has 0 saturated carbocycles. The number of piperidine rings is 1. The number of rotatable bonds is 2. The minimum atomic E-state index is 0.104. The molecule has 6 nitrogen and oxygen atoms in total. The quantitative estimate of drug-likeness (QED) is 0.784. The Morgan fingerprint density at radius 1 is 1.22 bits per heavy atom. The summed E-state index contributed by atoms with van der Waals surface area (Å²) in [6.45, 7) is 0.883. The molecule has 0 bridgehead atoms. The largest absolute Gasteiger partial charge is 0.346 e. The summed E-state index contributed by atoms with van der Waals surface area (Å²) < 4.78 is 1.83. The van der Waals surface area contributed by atoms with Crippen molar-refractivity contribution in [2.45, 2.75) is 24.9 Å². The van der Waals surface area contributed by atoms with Crippen molar-refractivity contribution in [3.05, 3.63) is 48.4 Å². The summed E-state index contributed by atoms with van der Waals surface area (Å²) in [4.78, 5) is 2.31. The predicted molar refractivity (Wildman–Crippen MR) is 90.0 cm³/mol. The van der Waals surface area contributed by atoms with Gasteiger partial charge in [-0.1, -0.05) is 24.3 Å². The molecule has 1 fully saturated rings. The van der Waals surface area contributed by atoms with Crippen molar-refractivity contribution in [1.82, 2.24) is 20.0 Å². The van der Waals surface area contributed by atoms with Crippen molar-refractivity contribution in [1.29, 1.82) is 0 Å². The lowest BCUT2D eigenvalue weighted by Crippen LogP contribution is -2.43. The number of nitrogens with zero attached hydrogens (tertiary/aromatic N) is 5. The van der Waals surface area contributed by atoms with E-state index in [1.807, 2.05) is 42.3 Å². The third-order valence-corrected chi connectivity index (χ3v) is 4.55. The van der Waals surface area contributed by atoms with Crippen molar-refractivity contribution in [3.63, 3.8) is 0 Å². The van der Waals surface area contributed by atoms with Crippen LogP contribution in [0.2, 0.25) is 0 Å². The maximum atomic E-state index is 6.25. The number of anilines is 1. The van der Waals surface area contributed by atoms with E-state index in [2.05, 4.69) is 32.3 Å². The van der Waals surface area contributed by atoms with Gasteiger partial charge in [0.05, 0.1) is 17.9 Å². The molecular formula is C17H20N6. The van der Waals surface area contributed by atoms with E-state index in [4.69, 9.17) is 5.73 Å². The van der Waals surface area contributed by atoms with Crippen molar-refractivity contribution in [3.8, 4) is 0 Å². The highest BCUT2D eigenvalue weighted by atomic mass is 15.4. The van der Waals surface area contributed by atoms with Crippen LogP contribution in [0.25, 0.3) is 10.8 Å². The molecule has 2 aromatic heterocycles. The zero-order valence-corrected chi connectivity index (χ0v) is 13.1. The van der Waals surface area contributed by atoms with Crippen LogP contribution in [0.4, 0.5) is 5.82 Å². The third kappa shape index (κ3) is 2.55. The lowest BCUT2D eigenvalue weighted by molar-refractivity contribution is 0.410. The van der Waals surface area contributed by atoms with Gasteiger partial charge in [0.25, 0.3) is 0 Å². The van der Waals surface area contributed by atoms with Gasteiger partial charge < -0.3 is 10.6 Å². The predicted octanol–water partition coefficient (Wildman–Crippen LogP) is 2.03. The van der Waals surface area contributed by atoms with Gasteiger partial charge in [-0.05, 0) is 12.8 Å². The first-order valence-corrected chi connectivity index (χ1v) is 7.94. The molecule has 1 aliphatic rings.